The van der Waals surface area contributed by atoms with Crippen molar-refractivity contribution in [2.75, 3.05) is 37.9 Å². The van der Waals surface area contributed by atoms with Crippen LogP contribution in [-0.2, 0) is 6.42 Å². The molecule has 0 spiro atoms. The predicted molar refractivity (Wildman–Crippen MR) is 128 cm³/mol. The van der Waals surface area contributed by atoms with Crippen LogP contribution in [0.15, 0.2) is 60.3 Å². The van der Waals surface area contributed by atoms with Gasteiger partial charge in [-0.05, 0) is 87.5 Å². The number of nitrogens with zero attached hydrogens (tertiary/aromatic N) is 3. The Morgan fingerprint density at radius 2 is 1.81 bits per heavy atom. The molecule has 2 N–H and O–H groups in total. The van der Waals surface area contributed by atoms with Crippen LogP contribution in [0.3, 0.4) is 0 Å². The molecule has 0 fully saturated rings. The van der Waals surface area contributed by atoms with Crippen molar-refractivity contribution in [1.82, 2.24) is 14.9 Å². The fourth-order valence-corrected chi connectivity index (χ4v) is 3.56. The molecule has 1 aromatic heterocycles. The fraction of sp³-hybridized carbons (Fsp3) is 0.280. The molecule has 0 aliphatic heterocycles. The van der Waals surface area contributed by atoms with Gasteiger partial charge in [0.1, 0.15) is 11.6 Å². The number of rotatable bonds is 9. The molecule has 0 saturated heterocycles. The SMILES string of the molecule is CC1=Cc2cc(Nc3ccnc(Nc4ccc(OCCCN(C)C)cc4)n3)ccc2C1. The summed E-state index contributed by atoms with van der Waals surface area (Å²) in [5, 5.41) is 6.63. The molecule has 2 aromatic carbocycles. The lowest BCUT2D eigenvalue weighted by molar-refractivity contribution is 0.281. The van der Waals surface area contributed by atoms with Gasteiger partial charge in [0.15, 0.2) is 0 Å². The number of anilines is 4. The molecule has 0 atom stereocenters. The number of hydrogen-bond donors (Lipinski definition) is 2. The molecule has 1 heterocycles. The Morgan fingerprint density at radius 1 is 1.00 bits per heavy atom. The van der Waals surface area contributed by atoms with E-state index in [-0.39, 0.29) is 0 Å². The molecule has 0 amide bonds. The van der Waals surface area contributed by atoms with Gasteiger partial charge in [0.2, 0.25) is 5.95 Å². The average molecular weight is 416 g/mol. The molecule has 4 rings (SSSR count). The van der Waals surface area contributed by atoms with Gasteiger partial charge in [-0.15, -0.1) is 0 Å². The second-order valence-electron chi connectivity index (χ2n) is 8.13. The summed E-state index contributed by atoms with van der Waals surface area (Å²) in [7, 11) is 4.13. The van der Waals surface area contributed by atoms with Gasteiger partial charge in [-0.2, -0.15) is 4.98 Å². The summed E-state index contributed by atoms with van der Waals surface area (Å²) >= 11 is 0. The Kier molecular flexibility index (Phi) is 6.48. The number of hydrogen-bond acceptors (Lipinski definition) is 6. The van der Waals surface area contributed by atoms with Crippen LogP contribution < -0.4 is 15.4 Å². The van der Waals surface area contributed by atoms with Gasteiger partial charge in [-0.1, -0.05) is 17.7 Å². The zero-order valence-electron chi connectivity index (χ0n) is 18.4. The molecule has 0 radical (unpaired) electrons. The van der Waals surface area contributed by atoms with E-state index in [2.05, 4.69) is 70.8 Å². The summed E-state index contributed by atoms with van der Waals surface area (Å²) < 4.78 is 5.79. The lowest BCUT2D eigenvalue weighted by Crippen LogP contribution is -2.15. The maximum absolute atomic E-state index is 5.79. The van der Waals surface area contributed by atoms with Crippen LogP contribution >= 0.6 is 0 Å². The van der Waals surface area contributed by atoms with Gasteiger partial charge < -0.3 is 20.3 Å². The van der Waals surface area contributed by atoms with E-state index in [0.29, 0.717) is 12.6 Å². The summed E-state index contributed by atoms with van der Waals surface area (Å²) in [5.41, 5.74) is 5.98. The van der Waals surface area contributed by atoms with E-state index in [1.165, 1.54) is 16.7 Å². The van der Waals surface area contributed by atoms with E-state index in [9.17, 15) is 0 Å². The van der Waals surface area contributed by atoms with Gasteiger partial charge in [-0.25, -0.2) is 4.98 Å². The first kappa shape index (κ1) is 20.9. The molecule has 3 aromatic rings. The zero-order chi connectivity index (χ0) is 21.6. The number of allylic oxidation sites excluding steroid dienone is 1. The van der Waals surface area contributed by atoms with E-state index in [4.69, 9.17) is 4.74 Å². The third-order valence-corrected chi connectivity index (χ3v) is 5.07. The predicted octanol–water partition coefficient (Wildman–Crippen LogP) is 5.25. The highest BCUT2D eigenvalue weighted by Crippen LogP contribution is 2.28. The molecule has 1 aliphatic carbocycles. The second-order valence-corrected chi connectivity index (χ2v) is 8.13. The maximum atomic E-state index is 5.79. The highest BCUT2D eigenvalue weighted by molar-refractivity contribution is 5.70. The van der Waals surface area contributed by atoms with Crippen LogP contribution in [0, 0.1) is 0 Å². The lowest BCUT2D eigenvalue weighted by Gasteiger charge is -2.11. The van der Waals surface area contributed by atoms with Crippen molar-refractivity contribution in [3.63, 3.8) is 0 Å². The van der Waals surface area contributed by atoms with E-state index < -0.39 is 0 Å². The van der Waals surface area contributed by atoms with Crippen LogP contribution in [0.2, 0.25) is 0 Å². The smallest absolute Gasteiger partial charge is 0.229 e. The third kappa shape index (κ3) is 5.83. The number of ether oxygens (including phenoxy) is 1. The highest BCUT2D eigenvalue weighted by atomic mass is 16.5. The van der Waals surface area contributed by atoms with Crippen molar-refractivity contribution in [2.24, 2.45) is 0 Å². The normalized spacial score (nSPS) is 12.5. The number of nitrogens with one attached hydrogen (secondary N) is 2. The molecular weight excluding hydrogens is 386 g/mol. The molecule has 6 heteroatoms. The Bertz CT molecular complexity index is 1060. The van der Waals surface area contributed by atoms with Gasteiger partial charge in [0.25, 0.3) is 0 Å². The Labute approximate surface area is 184 Å². The molecule has 1 aliphatic rings. The molecule has 0 saturated carbocycles. The minimum Gasteiger partial charge on any atom is -0.494 e. The van der Waals surface area contributed by atoms with E-state index in [1.807, 2.05) is 30.3 Å². The lowest BCUT2D eigenvalue weighted by atomic mass is 10.1. The second kappa shape index (κ2) is 9.62. The zero-order valence-corrected chi connectivity index (χ0v) is 18.4. The number of benzene rings is 2. The first-order valence-corrected chi connectivity index (χ1v) is 10.6. The van der Waals surface area contributed by atoms with E-state index in [1.54, 1.807) is 6.20 Å². The highest BCUT2D eigenvalue weighted by Gasteiger charge is 2.10. The Hall–Kier alpha value is -3.38. The minimum absolute atomic E-state index is 0.543. The topological polar surface area (TPSA) is 62.3 Å². The van der Waals surface area contributed by atoms with Gasteiger partial charge in [0.05, 0.1) is 6.61 Å². The molecule has 31 heavy (non-hydrogen) atoms. The third-order valence-electron chi connectivity index (χ3n) is 5.07. The molecule has 160 valence electrons. The Morgan fingerprint density at radius 3 is 2.61 bits per heavy atom. The standard InChI is InChI=1S/C25H29N5O/c1-18-15-19-5-6-22(17-20(19)16-18)27-24-11-12-26-25(29-24)28-21-7-9-23(10-8-21)31-14-4-13-30(2)3/h5-12,16-17H,4,13-15H2,1-3H3,(H2,26,27,28,29). The quantitative estimate of drug-likeness (QED) is 0.465. The number of fused-ring (bicyclic) bond motifs is 1. The number of aromatic nitrogens is 2. The summed E-state index contributed by atoms with van der Waals surface area (Å²) in [6.07, 6.45) is 6.03. The molecular formula is C25H29N5O. The van der Waals surface area contributed by atoms with E-state index in [0.717, 1.165) is 42.3 Å². The van der Waals surface area contributed by atoms with Crippen LogP contribution in [0.5, 0.6) is 5.75 Å². The maximum Gasteiger partial charge on any atom is 0.229 e. The summed E-state index contributed by atoms with van der Waals surface area (Å²) in [6.45, 7) is 3.89. The first-order chi connectivity index (χ1) is 15.0. The summed E-state index contributed by atoms with van der Waals surface area (Å²) in [4.78, 5) is 11.1. The van der Waals surface area contributed by atoms with Crippen molar-refractivity contribution in [3.05, 3.63) is 71.4 Å². The molecule has 0 bridgehead atoms. The molecule has 6 nitrogen and oxygen atoms in total. The summed E-state index contributed by atoms with van der Waals surface area (Å²) in [6, 6.07) is 16.2. The summed E-state index contributed by atoms with van der Waals surface area (Å²) in [5.74, 6) is 2.15. The van der Waals surface area contributed by atoms with Crippen molar-refractivity contribution in [3.8, 4) is 5.75 Å². The van der Waals surface area contributed by atoms with Crippen molar-refractivity contribution in [2.45, 2.75) is 19.8 Å². The van der Waals surface area contributed by atoms with E-state index >= 15 is 0 Å². The van der Waals surface area contributed by atoms with Crippen LogP contribution in [0.1, 0.15) is 24.5 Å². The van der Waals surface area contributed by atoms with Crippen molar-refractivity contribution in [1.29, 1.82) is 0 Å². The monoisotopic (exact) mass is 415 g/mol. The van der Waals surface area contributed by atoms with Gasteiger partial charge in [-0.3, -0.25) is 0 Å². The first-order valence-electron chi connectivity index (χ1n) is 10.6. The molecule has 0 unspecified atom stereocenters. The largest absolute Gasteiger partial charge is 0.494 e. The van der Waals surface area contributed by atoms with Crippen LogP contribution in [-0.4, -0.2) is 42.1 Å². The van der Waals surface area contributed by atoms with Crippen LogP contribution in [0.4, 0.5) is 23.1 Å². The minimum atomic E-state index is 0.543. The van der Waals surface area contributed by atoms with Crippen molar-refractivity contribution < 1.29 is 4.74 Å². The Balaban J connectivity index is 1.35. The fourth-order valence-electron chi connectivity index (χ4n) is 3.56. The van der Waals surface area contributed by atoms with Gasteiger partial charge in [0, 0.05) is 24.1 Å². The van der Waals surface area contributed by atoms with Crippen LogP contribution in [0.25, 0.3) is 6.08 Å². The average Bonchev–Trinajstić information content (AvgIpc) is 3.12. The van der Waals surface area contributed by atoms with Gasteiger partial charge >= 0.3 is 0 Å². The van der Waals surface area contributed by atoms with Crippen molar-refractivity contribution >= 4 is 29.2 Å².